The molecule has 0 aromatic carbocycles. The van der Waals surface area contributed by atoms with Crippen molar-refractivity contribution in [1.29, 1.82) is 0 Å². The number of carboxylic acids is 1. The molecule has 1 aromatic rings. The average molecular weight is 269 g/mol. The van der Waals surface area contributed by atoms with E-state index in [9.17, 15) is 4.79 Å². The van der Waals surface area contributed by atoms with Crippen molar-refractivity contribution < 1.29 is 9.90 Å². The fourth-order valence-corrected chi connectivity index (χ4v) is 2.00. The number of unbranched alkanes of at least 4 members (excludes halogenated alkanes) is 2. The summed E-state index contributed by atoms with van der Waals surface area (Å²) in [6, 6.07) is 0. The number of rotatable bonds is 8. The summed E-state index contributed by atoms with van der Waals surface area (Å²) < 4.78 is 0. The number of hydrogen-bond acceptors (Lipinski definition) is 5. The standard InChI is InChI=1S/C12H19N3O2S/c1-9-10(11(16)17)8-14-12(15-9)13-6-4-3-5-7-18-2/h8H,3-7H2,1-2H3,(H,16,17)(H,13,14,15). The van der Waals surface area contributed by atoms with Crippen LogP contribution in [0.5, 0.6) is 0 Å². The molecular formula is C12H19N3O2S. The van der Waals surface area contributed by atoms with E-state index in [-0.39, 0.29) is 5.56 Å². The van der Waals surface area contributed by atoms with E-state index in [1.807, 2.05) is 11.8 Å². The molecule has 0 saturated heterocycles. The van der Waals surface area contributed by atoms with Crippen molar-refractivity contribution in [3.8, 4) is 0 Å². The summed E-state index contributed by atoms with van der Waals surface area (Å²) in [4.78, 5) is 18.9. The summed E-state index contributed by atoms with van der Waals surface area (Å²) in [5.41, 5.74) is 0.642. The SMILES string of the molecule is CSCCCCCNc1ncc(C(=O)O)c(C)n1. The van der Waals surface area contributed by atoms with E-state index >= 15 is 0 Å². The highest BCUT2D eigenvalue weighted by Gasteiger charge is 2.09. The van der Waals surface area contributed by atoms with E-state index < -0.39 is 5.97 Å². The topological polar surface area (TPSA) is 75.1 Å². The molecule has 0 aliphatic carbocycles. The summed E-state index contributed by atoms with van der Waals surface area (Å²) in [5, 5.41) is 12.0. The third-order valence-electron chi connectivity index (χ3n) is 2.52. The van der Waals surface area contributed by atoms with Gasteiger partial charge in [-0.05, 0) is 31.8 Å². The fraction of sp³-hybridized carbons (Fsp3) is 0.583. The Hall–Kier alpha value is -1.30. The number of hydrogen-bond donors (Lipinski definition) is 2. The monoisotopic (exact) mass is 269 g/mol. The zero-order chi connectivity index (χ0) is 13.4. The van der Waals surface area contributed by atoms with Crippen molar-refractivity contribution in [2.75, 3.05) is 23.9 Å². The number of aromatic nitrogens is 2. The van der Waals surface area contributed by atoms with Gasteiger partial charge in [0.2, 0.25) is 5.95 Å². The summed E-state index contributed by atoms with van der Waals surface area (Å²) in [6.07, 6.45) is 6.93. The molecule has 0 fully saturated rings. The van der Waals surface area contributed by atoms with Gasteiger partial charge in [0, 0.05) is 12.7 Å². The molecule has 1 rings (SSSR count). The first-order valence-corrected chi connectivity index (χ1v) is 7.34. The molecule has 100 valence electrons. The van der Waals surface area contributed by atoms with Gasteiger partial charge in [-0.1, -0.05) is 6.42 Å². The van der Waals surface area contributed by atoms with Crippen LogP contribution in [-0.2, 0) is 0 Å². The van der Waals surface area contributed by atoms with Crippen molar-refractivity contribution in [3.63, 3.8) is 0 Å². The van der Waals surface area contributed by atoms with Gasteiger partial charge in [-0.15, -0.1) is 0 Å². The van der Waals surface area contributed by atoms with Crippen LogP contribution < -0.4 is 5.32 Å². The number of carbonyl (C=O) groups is 1. The smallest absolute Gasteiger partial charge is 0.339 e. The minimum Gasteiger partial charge on any atom is -0.478 e. The van der Waals surface area contributed by atoms with Crippen LogP contribution in [0.25, 0.3) is 0 Å². The molecule has 1 aromatic heterocycles. The Balaban J connectivity index is 2.35. The normalized spacial score (nSPS) is 10.3. The Kier molecular flexibility index (Phi) is 6.49. The first-order valence-electron chi connectivity index (χ1n) is 5.95. The number of aromatic carboxylic acids is 1. The molecule has 0 amide bonds. The van der Waals surface area contributed by atoms with E-state index in [1.54, 1.807) is 6.92 Å². The van der Waals surface area contributed by atoms with E-state index in [2.05, 4.69) is 21.5 Å². The first-order chi connectivity index (χ1) is 8.65. The number of aryl methyl sites for hydroxylation is 1. The molecule has 0 aliphatic rings. The Morgan fingerprint density at radius 2 is 2.22 bits per heavy atom. The number of nitrogens with zero attached hydrogens (tertiary/aromatic N) is 2. The van der Waals surface area contributed by atoms with Gasteiger partial charge in [-0.25, -0.2) is 14.8 Å². The minimum atomic E-state index is -0.990. The molecule has 18 heavy (non-hydrogen) atoms. The van der Waals surface area contributed by atoms with Gasteiger partial charge in [0.05, 0.1) is 11.3 Å². The van der Waals surface area contributed by atoms with Crippen molar-refractivity contribution in [2.45, 2.75) is 26.2 Å². The zero-order valence-corrected chi connectivity index (χ0v) is 11.6. The lowest BCUT2D eigenvalue weighted by molar-refractivity contribution is 0.0695. The molecule has 6 heteroatoms. The number of thioether (sulfide) groups is 1. The molecule has 5 nitrogen and oxygen atoms in total. The Morgan fingerprint density at radius 3 is 2.83 bits per heavy atom. The molecule has 0 saturated carbocycles. The molecule has 2 N–H and O–H groups in total. The second-order valence-corrected chi connectivity index (χ2v) is 4.96. The zero-order valence-electron chi connectivity index (χ0n) is 10.8. The van der Waals surface area contributed by atoms with Crippen LogP contribution in [0.4, 0.5) is 5.95 Å². The van der Waals surface area contributed by atoms with Crippen LogP contribution in [-0.4, -0.2) is 39.6 Å². The highest BCUT2D eigenvalue weighted by Crippen LogP contribution is 2.07. The summed E-state index contributed by atoms with van der Waals surface area (Å²) in [7, 11) is 0. The van der Waals surface area contributed by atoms with Crippen molar-refractivity contribution in [2.24, 2.45) is 0 Å². The van der Waals surface area contributed by atoms with E-state index in [0.717, 1.165) is 13.0 Å². The van der Waals surface area contributed by atoms with Crippen LogP contribution in [0.1, 0.15) is 35.3 Å². The van der Waals surface area contributed by atoms with E-state index in [4.69, 9.17) is 5.11 Å². The second-order valence-electron chi connectivity index (χ2n) is 3.98. The first kappa shape index (κ1) is 14.8. The fourth-order valence-electron chi connectivity index (χ4n) is 1.51. The Labute approximate surface area is 111 Å². The lowest BCUT2D eigenvalue weighted by Crippen LogP contribution is -2.09. The van der Waals surface area contributed by atoms with Crippen molar-refractivity contribution >= 4 is 23.7 Å². The molecular weight excluding hydrogens is 250 g/mol. The largest absolute Gasteiger partial charge is 0.478 e. The predicted octanol–water partition coefficient (Wildman–Crippen LogP) is 2.43. The number of nitrogens with one attached hydrogen (secondary N) is 1. The molecule has 1 heterocycles. The van der Waals surface area contributed by atoms with E-state index in [1.165, 1.54) is 24.8 Å². The maximum absolute atomic E-state index is 10.8. The van der Waals surface area contributed by atoms with Gasteiger partial charge in [0.25, 0.3) is 0 Å². The van der Waals surface area contributed by atoms with Crippen molar-refractivity contribution in [3.05, 3.63) is 17.5 Å². The van der Waals surface area contributed by atoms with Crippen molar-refractivity contribution in [1.82, 2.24) is 9.97 Å². The molecule has 0 atom stereocenters. The lowest BCUT2D eigenvalue weighted by atomic mass is 10.2. The second kappa shape index (κ2) is 7.92. The number of carboxylic acid groups (broad SMARTS) is 1. The maximum atomic E-state index is 10.8. The third-order valence-corrected chi connectivity index (χ3v) is 3.22. The van der Waals surface area contributed by atoms with Crippen LogP contribution >= 0.6 is 11.8 Å². The number of anilines is 1. The summed E-state index contributed by atoms with van der Waals surface area (Å²) >= 11 is 1.86. The molecule has 0 spiro atoms. The average Bonchev–Trinajstić information content (AvgIpc) is 2.33. The van der Waals surface area contributed by atoms with Gasteiger partial charge < -0.3 is 10.4 Å². The minimum absolute atomic E-state index is 0.153. The maximum Gasteiger partial charge on any atom is 0.339 e. The quantitative estimate of drug-likeness (QED) is 0.706. The molecule has 0 unspecified atom stereocenters. The van der Waals surface area contributed by atoms with Gasteiger partial charge in [-0.3, -0.25) is 0 Å². The highest BCUT2D eigenvalue weighted by atomic mass is 32.2. The van der Waals surface area contributed by atoms with Crippen LogP contribution in [0.15, 0.2) is 6.20 Å². The summed E-state index contributed by atoms with van der Waals surface area (Å²) in [6.45, 7) is 2.50. The van der Waals surface area contributed by atoms with Gasteiger partial charge in [-0.2, -0.15) is 11.8 Å². The van der Waals surface area contributed by atoms with Crippen LogP contribution in [0, 0.1) is 6.92 Å². The molecule has 0 aliphatic heterocycles. The molecule has 0 bridgehead atoms. The Bertz CT molecular complexity index is 399. The Morgan fingerprint density at radius 1 is 1.44 bits per heavy atom. The summed E-state index contributed by atoms with van der Waals surface area (Å²) in [5.74, 6) is 0.710. The van der Waals surface area contributed by atoms with Crippen LogP contribution in [0.2, 0.25) is 0 Å². The van der Waals surface area contributed by atoms with Gasteiger partial charge >= 0.3 is 5.97 Å². The molecule has 0 radical (unpaired) electrons. The highest BCUT2D eigenvalue weighted by molar-refractivity contribution is 7.98. The van der Waals surface area contributed by atoms with E-state index in [0.29, 0.717) is 11.6 Å². The van der Waals surface area contributed by atoms with Gasteiger partial charge in [0.1, 0.15) is 0 Å². The lowest BCUT2D eigenvalue weighted by Gasteiger charge is -2.06. The third kappa shape index (κ3) is 4.91. The van der Waals surface area contributed by atoms with Gasteiger partial charge in [0.15, 0.2) is 0 Å². The predicted molar refractivity (Wildman–Crippen MR) is 74.5 cm³/mol. The van der Waals surface area contributed by atoms with Crippen LogP contribution in [0.3, 0.4) is 0 Å².